The van der Waals surface area contributed by atoms with Crippen molar-refractivity contribution in [1.82, 2.24) is 9.97 Å². The van der Waals surface area contributed by atoms with E-state index in [2.05, 4.69) is 16.0 Å². The number of aromatic nitrogens is 2. The third-order valence-electron chi connectivity index (χ3n) is 2.58. The summed E-state index contributed by atoms with van der Waals surface area (Å²) in [4.78, 5) is 8.15. The Bertz CT molecular complexity index is 414. The lowest BCUT2D eigenvalue weighted by atomic mass is 10.0. The normalized spacial score (nSPS) is 12.3. The van der Waals surface area contributed by atoms with Gasteiger partial charge in [-0.3, -0.25) is 9.97 Å². The second-order valence-electron chi connectivity index (χ2n) is 3.79. The Hall–Kier alpha value is -1.74. The van der Waals surface area contributed by atoms with Crippen LogP contribution >= 0.6 is 0 Å². The van der Waals surface area contributed by atoms with E-state index in [1.54, 1.807) is 12.4 Å². The fraction of sp³-hybridized carbons (Fsp3) is 0.231. The first kappa shape index (κ1) is 10.8. The molecule has 2 N–H and O–H groups in total. The molecule has 0 amide bonds. The van der Waals surface area contributed by atoms with Gasteiger partial charge in [0.2, 0.25) is 0 Å². The summed E-state index contributed by atoms with van der Waals surface area (Å²) in [6, 6.07) is 8.00. The van der Waals surface area contributed by atoms with Crippen molar-refractivity contribution in [3.8, 4) is 0 Å². The van der Waals surface area contributed by atoms with E-state index in [9.17, 15) is 0 Å². The highest BCUT2D eigenvalue weighted by molar-refractivity contribution is 5.15. The van der Waals surface area contributed by atoms with Crippen molar-refractivity contribution in [2.75, 3.05) is 0 Å². The average molecular weight is 213 g/mol. The van der Waals surface area contributed by atoms with Crippen molar-refractivity contribution in [3.63, 3.8) is 0 Å². The third kappa shape index (κ3) is 2.87. The van der Waals surface area contributed by atoms with Crippen LogP contribution in [0.3, 0.4) is 0 Å². The molecule has 0 aliphatic carbocycles. The molecular weight excluding hydrogens is 198 g/mol. The fourth-order valence-electron chi connectivity index (χ4n) is 1.63. The lowest BCUT2D eigenvalue weighted by Gasteiger charge is -2.10. The Morgan fingerprint density at radius 1 is 1.06 bits per heavy atom. The highest BCUT2D eigenvalue weighted by Gasteiger charge is 2.05. The van der Waals surface area contributed by atoms with Crippen LogP contribution in [-0.4, -0.2) is 9.97 Å². The topological polar surface area (TPSA) is 51.8 Å². The number of pyridine rings is 2. The summed E-state index contributed by atoms with van der Waals surface area (Å²) in [5.74, 6) is 0. The van der Waals surface area contributed by atoms with E-state index in [0.717, 1.165) is 18.4 Å². The van der Waals surface area contributed by atoms with E-state index in [0.29, 0.717) is 0 Å². The summed E-state index contributed by atoms with van der Waals surface area (Å²) in [5, 5.41) is 0. The van der Waals surface area contributed by atoms with Crippen molar-refractivity contribution in [2.24, 2.45) is 5.73 Å². The maximum atomic E-state index is 6.08. The molecule has 0 saturated heterocycles. The second-order valence-corrected chi connectivity index (χ2v) is 3.79. The summed E-state index contributed by atoms with van der Waals surface area (Å²) in [5.41, 5.74) is 8.40. The Kier molecular flexibility index (Phi) is 3.62. The van der Waals surface area contributed by atoms with Crippen molar-refractivity contribution >= 4 is 0 Å². The van der Waals surface area contributed by atoms with Crippen molar-refractivity contribution in [2.45, 2.75) is 18.9 Å². The van der Waals surface area contributed by atoms with Gasteiger partial charge in [0.15, 0.2) is 0 Å². The summed E-state index contributed by atoms with van der Waals surface area (Å²) in [7, 11) is 0. The largest absolute Gasteiger partial charge is 0.324 e. The van der Waals surface area contributed by atoms with E-state index in [1.807, 2.05) is 30.6 Å². The summed E-state index contributed by atoms with van der Waals surface area (Å²) in [6.45, 7) is 0. The van der Waals surface area contributed by atoms with Gasteiger partial charge in [-0.1, -0.05) is 12.1 Å². The minimum atomic E-state index is 0.0499. The average Bonchev–Trinajstić information content (AvgIpc) is 2.38. The van der Waals surface area contributed by atoms with E-state index in [4.69, 9.17) is 5.73 Å². The van der Waals surface area contributed by atoms with Crippen LogP contribution in [-0.2, 0) is 6.42 Å². The van der Waals surface area contributed by atoms with Gasteiger partial charge in [-0.05, 0) is 36.1 Å². The Balaban J connectivity index is 1.92. The highest BCUT2D eigenvalue weighted by atomic mass is 14.7. The van der Waals surface area contributed by atoms with E-state index in [-0.39, 0.29) is 6.04 Å². The van der Waals surface area contributed by atoms with Gasteiger partial charge < -0.3 is 5.73 Å². The fourth-order valence-corrected chi connectivity index (χ4v) is 1.63. The number of hydrogen-bond donors (Lipinski definition) is 1. The summed E-state index contributed by atoms with van der Waals surface area (Å²) < 4.78 is 0. The van der Waals surface area contributed by atoms with Crippen LogP contribution < -0.4 is 5.73 Å². The molecule has 2 heterocycles. The molecule has 2 rings (SSSR count). The molecular formula is C13H15N3. The molecule has 16 heavy (non-hydrogen) atoms. The van der Waals surface area contributed by atoms with Crippen LogP contribution in [0.2, 0.25) is 0 Å². The first-order valence-corrected chi connectivity index (χ1v) is 5.40. The molecule has 0 aliphatic rings. The zero-order chi connectivity index (χ0) is 11.2. The van der Waals surface area contributed by atoms with Crippen LogP contribution in [0.5, 0.6) is 0 Å². The van der Waals surface area contributed by atoms with Crippen molar-refractivity contribution < 1.29 is 0 Å². The zero-order valence-corrected chi connectivity index (χ0v) is 9.08. The molecule has 1 atom stereocenters. The van der Waals surface area contributed by atoms with Gasteiger partial charge in [0.25, 0.3) is 0 Å². The van der Waals surface area contributed by atoms with Crippen LogP contribution in [0.25, 0.3) is 0 Å². The third-order valence-corrected chi connectivity index (χ3v) is 2.58. The molecule has 0 saturated carbocycles. The Morgan fingerprint density at radius 2 is 1.81 bits per heavy atom. The van der Waals surface area contributed by atoms with E-state index >= 15 is 0 Å². The summed E-state index contributed by atoms with van der Waals surface area (Å²) >= 11 is 0. The van der Waals surface area contributed by atoms with Crippen molar-refractivity contribution in [3.05, 3.63) is 60.2 Å². The monoisotopic (exact) mass is 213 g/mol. The van der Waals surface area contributed by atoms with Gasteiger partial charge in [-0.25, -0.2) is 0 Å². The van der Waals surface area contributed by atoms with Gasteiger partial charge in [0, 0.05) is 30.8 Å². The second kappa shape index (κ2) is 5.37. The molecule has 0 aliphatic heterocycles. The van der Waals surface area contributed by atoms with Crippen LogP contribution in [0.4, 0.5) is 0 Å². The molecule has 1 unspecified atom stereocenters. The van der Waals surface area contributed by atoms with Crippen LogP contribution in [0.15, 0.2) is 49.1 Å². The predicted octanol–water partition coefficient (Wildman–Crippen LogP) is 2.11. The van der Waals surface area contributed by atoms with Gasteiger partial charge in [0.05, 0.1) is 0 Å². The Labute approximate surface area is 95.4 Å². The van der Waals surface area contributed by atoms with E-state index < -0.39 is 0 Å². The first-order chi connectivity index (χ1) is 7.86. The number of nitrogens with zero attached hydrogens (tertiary/aromatic N) is 2. The predicted molar refractivity (Wildman–Crippen MR) is 63.7 cm³/mol. The maximum Gasteiger partial charge on any atom is 0.0315 e. The molecule has 0 aromatic carbocycles. The van der Waals surface area contributed by atoms with Gasteiger partial charge in [0.1, 0.15) is 0 Å². The van der Waals surface area contributed by atoms with Crippen molar-refractivity contribution in [1.29, 1.82) is 0 Å². The maximum absolute atomic E-state index is 6.08. The molecule has 0 bridgehead atoms. The van der Waals surface area contributed by atoms with Crippen LogP contribution in [0, 0.1) is 0 Å². The lowest BCUT2D eigenvalue weighted by Crippen LogP contribution is -2.11. The quantitative estimate of drug-likeness (QED) is 0.846. The zero-order valence-electron chi connectivity index (χ0n) is 9.08. The highest BCUT2D eigenvalue weighted by Crippen LogP contribution is 2.14. The minimum absolute atomic E-state index is 0.0499. The molecule has 2 aromatic heterocycles. The lowest BCUT2D eigenvalue weighted by molar-refractivity contribution is 0.648. The number of aryl methyl sites for hydroxylation is 1. The molecule has 2 aromatic rings. The number of rotatable bonds is 4. The SMILES string of the molecule is NC(CCc1cccnc1)c1cccnc1. The van der Waals surface area contributed by atoms with Crippen LogP contribution in [0.1, 0.15) is 23.6 Å². The van der Waals surface area contributed by atoms with Gasteiger partial charge in [-0.15, -0.1) is 0 Å². The smallest absolute Gasteiger partial charge is 0.0315 e. The number of hydrogen-bond acceptors (Lipinski definition) is 3. The van der Waals surface area contributed by atoms with Gasteiger partial charge >= 0.3 is 0 Å². The minimum Gasteiger partial charge on any atom is -0.324 e. The number of nitrogens with two attached hydrogens (primary N) is 1. The standard InChI is InChI=1S/C13H15N3/c14-13(12-4-2-8-16-10-12)6-5-11-3-1-7-15-9-11/h1-4,7-10,13H,5-6,14H2. The Morgan fingerprint density at radius 3 is 2.44 bits per heavy atom. The molecule has 3 heteroatoms. The molecule has 82 valence electrons. The molecule has 0 spiro atoms. The first-order valence-electron chi connectivity index (χ1n) is 5.40. The van der Waals surface area contributed by atoms with E-state index in [1.165, 1.54) is 5.56 Å². The molecule has 0 radical (unpaired) electrons. The summed E-state index contributed by atoms with van der Waals surface area (Å²) in [6.07, 6.45) is 9.12. The van der Waals surface area contributed by atoms with Gasteiger partial charge in [-0.2, -0.15) is 0 Å². The molecule has 3 nitrogen and oxygen atoms in total. The molecule has 0 fully saturated rings.